The Bertz CT molecular complexity index is 401. The monoisotopic (exact) mass is 219 g/mol. The quantitative estimate of drug-likeness (QED) is 0.718. The van der Waals surface area contributed by atoms with E-state index >= 15 is 0 Å². The maximum atomic E-state index is 12.5. The van der Waals surface area contributed by atoms with Crippen LogP contribution < -0.4 is 0 Å². The third-order valence-electron chi connectivity index (χ3n) is 1.49. The van der Waals surface area contributed by atoms with Crippen LogP contribution in [-0.2, 0) is 14.3 Å². The molecule has 0 fully saturated rings. The van der Waals surface area contributed by atoms with Crippen molar-refractivity contribution in [3.63, 3.8) is 0 Å². The molecule has 6 heteroatoms. The predicted molar refractivity (Wildman–Crippen MR) is 48.5 cm³/mol. The van der Waals surface area contributed by atoms with Gasteiger partial charge in [0, 0.05) is 0 Å². The molecular weight excluding hydrogens is 209 g/mol. The summed E-state index contributed by atoms with van der Waals surface area (Å²) in [6.45, 7) is 1.53. The minimum atomic E-state index is -3.52. The lowest BCUT2D eigenvalue weighted by Crippen LogP contribution is -2.08. The van der Waals surface area contributed by atoms with Gasteiger partial charge in [0.2, 0.25) is 0 Å². The molecule has 1 aromatic rings. The Balaban J connectivity index is 2.80. The molecule has 1 aromatic heterocycles. The van der Waals surface area contributed by atoms with Crippen molar-refractivity contribution in [2.75, 3.05) is 6.26 Å². The van der Waals surface area contributed by atoms with Gasteiger partial charge in [-0.25, -0.2) is 4.39 Å². The van der Waals surface area contributed by atoms with Crippen molar-refractivity contribution >= 4 is 10.1 Å². The van der Waals surface area contributed by atoms with E-state index in [9.17, 15) is 12.8 Å². The van der Waals surface area contributed by atoms with E-state index in [2.05, 4.69) is 9.17 Å². The molecule has 4 nitrogen and oxygen atoms in total. The number of hydrogen-bond donors (Lipinski definition) is 0. The van der Waals surface area contributed by atoms with Gasteiger partial charge in [-0.05, 0) is 19.1 Å². The van der Waals surface area contributed by atoms with Crippen LogP contribution in [0.15, 0.2) is 18.3 Å². The van der Waals surface area contributed by atoms with Gasteiger partial charge in [0.1, 0.15) is 11.9 Å². The summed E-state index contributed by atoms with van der Waals surface area (Å²) < 4.78 is 38.6. The SMILES string of the molecule is CC(OS(C)(=O)=O)c1ccc(F)cn1. The van der Waals surface area contributed by atoms with Crippen LogP contribution in [0.5, 0.6) is 0 Å². The van der Waals surface area contributed by atoms with Gasteiger partial charge in [-0.15, -0.1) is 0 Å². The first-order chi connectivity index (χ1) is 6.38. The zero-order valence-electron chi connectivity index (χ0n) is 7.77. The molecule has 0 radical (unpaired) electrons. The van der Waals surface area contributed by atoms with E-state index in [0.29, 0.717) is 5.69 Å². The van der Waals surface area contributed by atoms with Crippen molar-refractivity contribution in [3.05, 3.63) is 29.8 Å². The predicted octanol–water partition coefficient (Wildman–Crippen LogP) is 1.26. The van der Waals surface area contributed by atoms with Crippen LogP contribution >= 0.6 is 0 Å². The van der Waals surface area contributed by atoms with E-state index in [1.165, 1.54) is 19.1 Å². The highest BCUT2D eigenvalue weighted by Gasteiger charge is 2.13. The Hall–Kier alpha value is -1.01. The van der Waals surface area contributed by atoms with Gasteiger partial charge in [0.15, 0.2) is 0 Å². The molecule has 1 heterocycles. The van der Waals surface area contributed by atoms with Gasteiger partial charge in [0.25, 0.3) is 10.1 Å². The standard InChI is InChI=1S/C8H10FNO3S/c1-6(13-14(2,11)12)8-4-3-7(9)5-10-8/h3-6H,1-2H3. The molecule has 1 unspecified atom stereocenters. The van der Waals surface area contributed by atoms with E-state index in [4.69, 9.17) is 0 Å². The van der Waals surface area contributed by atoms with Crippen LogP contribution in [0.4, 0.5) is 4.39 Å². The number of pyridine rings is 1. The molecule has 0 N–H and O–H groups in total. The topological polar surface area (TPSA) is 56.3 Å². The van der Waals surface area contributed by atoms with Crippen molar-refractivity contribution in [3.8, 4) is 0 Å². The molecule has 0 bridgehead atoms. The number of rotatable bonds is 3. The number of nitrogens with zero attached hydrogens (tertiary/aromatic N) is 1. The van der Waals surface area contributed by atoms with Crippen molar-refractivity contribution in [1.29, 1.82) is 0 Å². The van der Waals surface area contributed by atoms with E-state index in [1.54, 1.807) is 0 Å². The third-order valence-corrected chi connectivity index (χ3v) is 2.12. The van der Waals surface area contributed by atoms with E-state index in [0.717, 1.165) is 12.5 Å². The molecule has 0 saturated heterocycles. The molecule has 1 rings (SSSR count). The normalized spacial score (nSPS) is 13.9. The third kappa shape index (κ3) is 3.39. The van der Waals surface area contributed by atoms with Crippen molar-refractivity contribution in [1.82, 2.24) is 4.98 Å². The van der Waals surface area contributed by atoms with Crippen molar-refractivity contribution < 1.29 is 17.0 Å². The van der Waals surface area contributed by atoms with Crippen LogP contribution in [0.2, 0.25) is 0 Å². The second-order valence-corrected chi connectivity index (χ2v) is 4.44. The van der Waals surface area contributed by atoms with Gasteiger partial charge < -0.3 is 0 Å². The molecule has 0 amide bonds. The summed E-state index contributed by atoms with van der Waals surface area (Å²) in [5.41, 5.74) is 0.372. The summed E-state index contributed by atoms with van der Waals surface area (Å²) in [6.07, 6.45) is 1.26. The molecule has 0 aliphatic rings. The van der Waals surface area contributed by atoms with Crippen LogP contribution in [0, 0.1) is 5.82 Å². The number of halogens is 1. The van der Waals surface area contributed by atoms with Crippen molar-refractivity contribution in [2.45, 2.75) is 13.0 Å². The largest absolute Gasteiger partial charge is 0.265 e. The van der Waals surface area contributed by atoms with Crippen LogP contribution in [0.1, 0.15) is 18.7 Å². The summed E-state index contributed by atoms with van der Waals surface area (Å²) in [4.78, 5) is 3.70. The average Bonchev–Trinajstić information content (AvgIpc) is 2.02. The lowest BCUT2D eigenvalue weighted by molar-refractivity contribution is 0.231. The maximum absolute atomic E-state index is 12.5. The molecule has 0 saturated carbocycles. The summed E-state index contributed by atoms with van der Waals surface area (Å²) >= 11 is 0. The first kappa shape index (κ1) is 11.1. The van der Waals surface area contributed by atoms with Gasteiger partial charge in [-0.1, -0.05) is 0 Å². The fourth-order valence-corrected chi connectivity index (χ4v) is 1.56. The molecule has 0 aliphatic carbocycles. The van der Waals surface area contributed by atoms with Gasteiger partial charge in [-0.3, -0.25) is 9.17 Å². The molecular formula is C8H10FNO3S. The first-order valence-electron chi connectivity index (χ1n) is 3.88. The van der Waals surface area contributed by atoms with E-state index in [-0.39, 0.29) is 0 Å². The average molecular weight is 219 g/mol. The zero-order chi connectivity index (χ0) is 10.8. The van der Waals surface area contributed by atoms with E-state index in [1.807, 2.05) is 0 Å². The highest BCUT2D eigenvalue weighted by atomic mass is 32.2. The fourth-order valence-electron chi connectivity index (χ4n) is 0.939. The summed E-state index contributed by atoms with van der Waals surface area (Å²) in [5, 5.41) is 0. The summed E-state index contributed by atoms with van der Waals surface area (Å²) in [7, 11) is -3.52. The van der Waals surface area contributed by atoms with Crippen molar-refractivity contribution in [2.24, 2.45) is 0 Å². The summed E-state index contributed by atoms with van der Waals surface area (Å²) in [5.74, 6) is -0.472. The Kier molecular flexibility index (Phi) is 3.17. The highest BCUT2D eigenvalue weighted by Crippen LogP contribution is 2.15. The van der Waals surface area contributed by atoms with E-state index < -0.39 is 22.0 Å². The Morgan fingerprint density at radius 3 is 2.57 bits per heavy atom. The van der Waals surface area contributed by atoms with Gasteiger partial charge >= 0.3 is 0 Å². The van der Waals surface area contributed by atoms with Crippen LogP contribution in [-0.4, -0.2) is 19.7 Å². The Morgan fingerprint density at radius 2 is 2.14 bits per heavy atom. The molecule has 1 atom stereocenters. The zero-order valence-corrected chi connectivity index (χ0v) is 8.58. The van der Waals surface area contributed by atoms with Gasteiger partial charge in [-0.2, -0.15) is 8.42 Å². The molecule has 0 aromatic carbocycles. The first-order valence-corrected chi connectivity index (χ1v) is 5.70. The minimum absolute atomic E-state index is 0.372. The second kappa shape index (κ2) is 4.02. The lowest BCUT2D eigenvalue weighted by atomic mass is 10.2. The second-order valence-electron chi connectivity index (χ2n) is 2.84. The highest BCUT2D eigenvalue weighted by molar-refractivity contribution is 7.86. The molecule has 0 spiro atoms. The Morgan fingerprint density at radius 1 is 1.50 bits per heavy atom. The molecule has 78 valence electrons. The summed E-state index contributed by atoms with van der Waals surface area (Å²) in [6, 6.07) is 2.58. The maximum Gasteiger partial charge on any atom is 0.265 e. The van der Waals surface area contributed by atoms with Crippen LogP contribution in [0.3, 0.4) is 0 Å². The smallest absolute Gasteiger partial charge is 0.261 e. The minimum Gasteiger partial charge on any atom is -0.261 e. The van der Waals surface area contributed by atoms with Crippen LogP contribution in [0.25, 0.3) is 0 Å². The van der Waals surface area contributed by atoms with Gasteiger partial charge in [0.05, 0.1) is 18.1 Å². The Labute approximate surface area is 81.9 Å². The lowest BCUT2D eigenvalue weighted by Gasteiger charge is -2.09. The number of aromatic nitrogens is 1. The molecule has 14 heavy (non-hydrogen) atoms. The number of hydrogen-bond acceptors (Lipinski definition) is 4. The molecule has 0 aliphatic heterocycles. The fraction of sp³-hybridized carbons (Fsp3) is 0.375.